The Hall–Kier alpha value is -2.14. The third-order valence-corrected chi connectivity index (χ3v) is 3.62. The molecule has 0 unspecified atom stereocenters. The van der Waals surface area contributed by atoms with Gasteiger partial charge < -0.3 is 14.5 Å². The van der Waals surface area contributed by atoms with Crippen molar-refractivity contribution in [1.82, 2.24) is 10.3 Å². The van der Waals surface area contributed by atoms with Crippen molar-refractivity contribution in [3.05, 3.63) is 42.4 Å². The lowest BCUT2D eigenvalue weighted by atomic mass is 9.99. The maximum Gasteiger partial charge on any atom is 0.223 e. The van der Waals surface area contributed by atoms with Gasteiger partial charge in [-0.05, 0) is 12.8 Å². The van der Waals surface area contributed by atoms with Gasteiger partial charge in [0.25, 0.3) is 0 Å². The summed E-state index contributed by atoms with van der Waals surface area (Å²) >= 11 is 0. The second-order valence-corrected chi connectivity index (χ2v) is 5.09. The minimum absolute atomic E-state index is 0.0438. The molecule has 21 heavy (non-hydrogen) atoms. The minimum atomic E-state index is 0.0438. The summed E-state index contributed by atoms with van der Waals surface area (Å²) in [5.74, 6) is 1.33. The fourth-order valence-electron chi connectivity index (χ4n) is 2.39. The Morgan fingerprint density at radius 1 is 1.24 bits per heavy atom. The summed E-state index contributed by atoms with van der Waals surface area (Å²) in [6.45, 7) is 1.65. The molecular formula is C16H18N2O3. The first-order valence-electron chi connectivity index (χ1n) is 7.18. The zero-order valence-electron chi connectivity index (χ0n) is 11.7. The molecule has 1 fully saturated rings. The Bertz CT molecular complexity index is 589. The Labute approximate surface area is 123 Å². The summed E-state index contributed by atoms with van der Waals surface area (Å²) in [5.41, 5.74) is 0.979. The van der Waals surface area contributed by atoms with Crippen molar-refractivity contribution >= 4 is 5.91 Å². The van der Waals surface area contributed by atoms with E-state index < -0.39 is 0 Å². The predicted molar refractivity (Wildman–Crippen MR) is 77.3 cm³/mol. The number of nitrogens with one attached hydrogen (secondary N) is 1. The van der Waals surface area contributed by atoms with Crippen LogP contribution in [0.3, 0.4) is 0 Å². The number of hydrogen-bond acceptors (Lipinski definition) is 4. The molecule has 0 saturated carbocycles. The molecule has 1 saturated heterocycles. The van der Waals surface area contributed by atoms with Crippen LogP contribution in [-0.2, 0) is 16.1 Å². The van der Waals surface area contributed by atoms with Crippen LogP contribution in [0.2, 0.25) is 0 Å². The zero-order valence-corrected chi connectivity index (χ0v) is 11.7. The van der Waals surface area contributed by atoms with Gasteiger partial charge in [-0.2, -0.15) is 0 Å². The molecule has 0 spiro atoms. The van der Waals surface area contributed by atoms with Crippen LogP contribution in [0.4, 0.5) is 0 Å². The Kier molecular flexibility index (Phi) is 4.31. The zero-order chi connectivity index (χ0) is 14.5. The Balaban J connectivity index is 1.56. The smallest absolute Gasteiger partial charge is 0.223 e. The molecular weight excluding hydrogens is 268 g/mol. The summed E-state index contributed by atoms with van der Waals surface area (Å²) in [6, 6.07) is 9.78. The highest BCUT2D eigenvalue weighted by Crippen LogP contribution is 2.20. The first kappa shape index (κ1) is 13.8. The van der Waals surface area contributed by atoms with Gasteiger partial charge >= 0.3 is 0 Å². The van der Waals surface area contributed by atoms with E-state index in [1.807, 2.05) is 30.3 Å². The average molecular weight is 286 g/mol. The molecule has 5 heteroatoms. The first-order valence-corrected chi connectivity index (χ1v) is 7.18. The topological polar surface area (TPSA) is 64.4 Å². The lowest BCUT2D eigenvalue weighted by Gasteiger charge is -2.20. The predicted octanol–water partition coefficient (Wildman–Crippen LogP) is 2.38. The van der Waals surface area contributed by atoms with Crippen molar-refractivity contribution in [2.75, 3.05) is 13.2 Å². The molecule has 0 radical (unpaired) electrons. The van der Waals surface area contributed by atoms with Gasteiger partial charge in [-0.15, -0.1) is 0 Å². The third kappa shape index (κ3) is 3.49. The number of nitrogens with zero attached hydrogens (tertiary/aromatic N) is 1. The van der Waals surface area contributed by atoms with Gasteiger partial charge in [0.15, 0.2) is 5.76 Å². The second kappa shape index (κ2) is 6.54. The number of benzene rings is 1. The van der Waals surface area contributed by atoms with Crippen LogP contribution in [0, 0.1) is 5.92 Å². The monoisotopic (exact) mass is 286 g/mol. The summed E-state index contributed by atoms with van der Waals surface area (Å²) in [6.07, 6.45) is 3.25. The van der Waals surface area contributed by atoms with Gasteiger partial charge in [0, 0.05) is 24.7 Å². The highest BCUT2D eigenvalue weighted by Gasteiger charge is 2.21. The van der Waals surface area contributed by atoms with Crippen molar-refractivity contribution in [1.29, 1.82) is 0 Å². The van der Waals surface area contributed by atoms with Gasteiger partial charge in [-0.1, -0.05) is 30.3 Å². The fourth-order valence-corrected chi connectivity index (χ4v) is 2.39. The molecule has 1 N–H and O–H groups in total. The van der Waals surface area contributed by atoms with Gasteiger partial charge in [-0.3, -0.25) is 4.79 Å². The molecule has 0 aliphatic carbocycles. The fraction of sp³-hybridized carbons (Fsp3) is 0.375. The van der Waals surface area contributed by atoms with E-state index in [0.717, 1.165) is 18.4 Å². The molecule has 1 aromatic carbocycles. The van der Waals surface area contributed by atoms with E-state index in [-0.39, 0.29) is 11.8 Å². The maximum atomic E-state index is 12.0. The summed E-state index contributed by atoms with van der Waals surface area (Å²) in [5, 5.41) is 2.88. The van der Waals surface area contributed by atoms with Crippen LogP contribution >= 0.6 is 0 Å². The molecule has 1 aliphatic rings. The molecule has 0 bridgehead atoms. The Morgan fingerprint density at radius 3 is 2.76 bits per heavy atom. The largest absolute Gasteiger partial charge is 0.439 e. The molecule has 110 valence electrons. The molecule has 0 atom stereocenters. The van der Waals surface area contributed by atoms with Gasteiger partial charge in [0.05, 0.1) is 12.7 Å². The number of carbonyl (C=O) groups is 1. The molecule has 2 heterocycles. The van der Waals surface area contributed by atoms with E-state index in [9.17, 15) is 4.79 Å². The van der Waals surface area contributed by atoms with Gasteiger partial charge in [0.2, 0.25) is 11.8 Å². The summed E-state index contributed by atoms with van der Waals surface area (Å²) in [4.78, 5) is 16.2. The molecule has 5 nitrogen and oxygen atoms in total. The van der Waals surface area contributed by atoms with Gasteiger partial charge in [0.1, 0.15) is 0 Å². The number of hydrogen-bond donors (Lipinski definition) is 1. The standard InChI is InChI=1S/C16H18N2O3/c19-16(13-6-8-20-9-7-13)18-11-15-17-10-14(21-15)12-4-2-1-3-5-12/h1-5,10,13H,6-9,11H2,(H,18,19). The van der Waals surface area contributed by atoms with Crippen LogP contribution in [0.25, 0.3) is 11.3 Å². The number of ether oxygens (including phenoxy) is 1. The highest BCUT2D eigenvalue weighted by atomic mass is 16.5. The number of rotatable bonds is 4. The molecule has 1 aromatic heterocycles. The van der Waals surface area contributed by atoms with E-state index >= 15 is 0 Å². The molecule has 1 amide bonds. The van der Waals surface area contributed by atoms with Crippen LogP contribution in [-0.4, -0.2) is 24.1 Å². The SMILES string of the molecule is O=C(NCc1ncc(-c2ccccc2)o1)C1CCOCC1. The number of aromatic nitrogens is 1. The quantitative estimate of drug-likeness (QED) is 0.937. The van der Waals surface area contributed by atoms with Crippen LogP contribution in [0.1, 0.15) is 18.7 Å². The van der Waals surface area contributed by atoms with Gasteiger partial charge in [-0.25, -0.2) is 4.98 Å². The van der Waals surface area contributed by atoms with Crippen LogP contribution < -0.4 is 5.32 Å². The van der Waals surface area contributed by atoms with E-state index in [1.54, 1.807) is 6.20 Å². The Morgan fingerprint density at radius 2 is 2.00 bits per heavy atom. The highest BCUT2D eigenvalue weighted by molar-refractivity contribution is 5.78. The summed E-state index contributed by atoms with van der Waals surface area (Å²) in [7, 11) is 0. The summed E-state index contributed by atoms with van der Waals surface area (Å²) < 4.78 is 10.9. The number of amides is 1. The normalized spacial score (nSPS) is 15.8. The van der Waals surface area contributed by atoms with Crippen LogP contribution in [0.15, 0.2) is 40.9 Å². The minimum Gasteiger partial charge on any atom is -0.439 e. The molecule has 2 aromatic rings. The van der Waals surface area contributed by atoms with E-state index in [4.69, 9.17) is 9.15 Å². The molecule has 3 rings (SSSR count). The van der Waals surface area contributed by atoms with E-state index in [1.165, 1.54) is 0 Å². The second-order valence-electron chi connectivity index (χ2n) is 5.09. The van der Waals surface area contributed by atoms with Crippen molar-refractivity contribution in [2.45, 2.75) is 19.4 Å². The lowest BCUT2D eigenvalue weighted by Crippen LogP contribution is -2.33. The first-order chi connectivity index (χ1) is 10.3. The van der Waals surface area contributed by atoms with Crippen LogP contribution in [0.5, 0.6) is 0 Å². The maximum absolute atomic E-state index is 12.0. The van der Waals surface area contributed by atoms with Crippen molar-refractivity contribution < 1.29 is 13.9 Å². The molecule has 1 aliphatic heterocycles. The average Bonchev–Trinajstić information content (AvgIpc) is 3.03. The van der Waals surface area contributed by atoms with Crippen molar-refractivity contribution in [3.63, 3.8) is 0 Å². The number of carbonyl (C=O) groups excluding carboxylic acids is 1. The van der Waals surface area contributed by atoms with E-state index in [2.05, 4.69) is 10.3 Å². The van der Waals surface area contributed by atoms with Crippen molar-refractivity contribution in [2.24, 2.45) is 5.92 Å². The van der Waals surface area contributed by atoms with Crippen molar-refractivity contribution in [3.8, 4) is 11.3 Å². The number of oxazole rings is 1. The lowest BCUT2D eigenvalue weighted by molar-refractivity contribution is -0.128. The third-order valence-electron chi connectivity index (χ3n) is 3.62. The van der Waals surface area contributed by atoms with E-state index in [0.29, 0.717) is 31.4 Å².